The number of aromatic nitrogens is 2. The molecule has 1 aromatic heterocycles. The minimum atomic E-state index is -0.616. The Morgan fingerprint density at radius 2 is 2.10 bits per heavy atom. The molecule has 7 nitrogen and oxygen atoms in total. The van der Waals surface area contributed by atoms with E-state index in [2.05, 4.69) is 10.1 Å². The molecule has 0 aliphatic rings. The minimum Gasteiger partial charge on any atom is -0.393 e. The maximum atomic E-state index is 10.8. The van der Waals surface area contributed by atoms with Crippen LogP contribution in [-0.2, 0) is 0 Å². The van der Waals surface area contributed by atoms with Crippen molar-refractivity contribution in [1.82, 2.24) is 10.1 Å². The molecule has 0 saturated carbocycles. The van der Waals surface area contributed by atoms with Crippen molar-refractivity contribution in [1.29, 1.82) is 0 Å². The predicted octanol–water partition coefficient (Wildman–Crippen LogP) is 2.44. The lowest BCUT2D eigenvalue weighted by molar-refractivity contribution is -0.384. The SMILES string of the molecule is Cc1ccc([N+](=O)[O-])cc1-c1noc(C(C)C(C)O)n1. The first kappa shape index (κ1) is 14.1. The van der Waals surface area contributed by atoms with Crippen LogP contribution in [0.1, 0.15) is 31.2 Å². The summed E-state index contributed by atoms with van der Waals surface area (Å²) in [6, 6.07) is 4.48. The van der Waals surface area contributed by atoms with Crippen LogP contribution in [0.15, 0.2) is 22.7 Å². The largest absolute Gasteiger partial charge is 0.393 e. The van der Waals surface area contributed by atoms with Gasteiger partial charge < -0.3 is 9.63 Å². The number of nitrogens with zero attached hydrogens (tertiary/aromatic N) is 3. The molecular weight excluding hydrogens is 262 g/mol. The Labute approximate surface area is 115 Å². The number of hydrogen-bond acceptors (Lipinski definition) is 6. The Balaban J connectivity index is 2.42. The summed E-state index contributed by atoms with van der Waals surface area (Å²) in [6.07, 6.45) is -0.616. The van der Waals surface area contributed by atoms with Crippen LogP contribution in [0.3, 0.4) is 0 Å². The van der Waals surface area contributed by atoms with E-state index in [9.17, 15) is 15.2 Å². The summed E-state index contributed by atoms with van der Waals surface area (Å²) in [6.45, 7) is 5.21. The van der Waals surface area contributed by atoms with E-state index in [1.165, 1.54) is 12.1 Å². The molecule has 1 heterocycles. The first-order valence-corrected chi connectivity index (χ1v) is 6.17. The Bertz CT molecular complexity index is 636. The van der Waals surface area contributed by atoms with Gasteiger partial charge in [0.25, 0.3) is 5.69 Å². The second kappa shape index (κ2) is 5.38. The van der Waals surface area contributed by atoms with Gasteiger partial charge in [0.1, 0.15) is 0 Å². The van der Waals surface area contributed by atoms with E-state index in [4.69, 9.17) is 4.52 Å². The molecule has 2 atom stereocenters. The average molecular weight is 277 g/mol. The van der Waals surface area contributed by atoms with E-state index in [-0.39, 0.29) is 17.4 Å². The third-order valence-electron chi connectivity index (χ3n) is 3.23. The molecule has 0 fully saturated rings. The van der Waals surface area contributed by atoms with E-state index >= 15 is 0 Å². The van der Waals surface area contributed by atoms with Crippen LogP contribution >= 0.6 is 0 Å². The van der Waals surface area contributed by atoms with Gasteiger partial charge in [0.05, 0.1) is 16.9 Å². The molecule has 0 aliphatic carbocycles. The fraction of sp³-hybridized carbons (Fsp3) is 0.385. The quantitative estimate of drug-likeness (QED) is 0.680. The van der Waals surface area contributed by atoms with Gasteiger partial charge in [0.2, 0.25) is 11.7 Å². The standard InChI is InChI=1S/C13H15N3O4/c1-7-4-5-10(16(18)19)6-11(7)12-14-13(20-15-12)8(2)9(3)17/h4-6,8-9,17H,1-3H3. The molecule has 2 rings (SSSR count). The molecule has 1 N–H and O–H groups in total. The molecule has 2 aromatic rings. The molecule has 106 valence electrons. The van der Waals surface area contributed by atoms with E-state index < -0.39 is 11.0 Å². The topological polar surface area (TPSA) is 102 Å². The lowest BCUT2D eigenvalue weighted by atomic mass is 10.1. The number of rotatable bonds is 4. The van der Waals surface area contributed by atoms with Gasteiger partial charge >= 0.3 is 0 Å². The summed E-state index contributed by atoms with van der Waals surface area (Å²) in [5.74, 6) is 0.296. The van der Waals surface area contributed by atoms with Crippen molar-refractivity contribution in [3.05, 3.63) is 39.8 Å². The van der Waals surface area contributed by atoms with Crippen LogP contribution in [0.25, 0.3) is 11.4 Å². The maximum Gasteiger partial charge on any atom is 0.270 e. The van der Waals surface area contributed by atoms with Crippen LogP contribution < -0.4 is 0 Å². The van der Waals surface area contributed by atoms with Gasteiger partial charge in [-0.05, 0) is 19.4 Å². The zero-order valence-electron chi connectivity index (χ0n) is 11.4. The summed E-state index contributed by atoms with van der Waals surface area (Å²) in [7, 11) is 0. The van der Waals surface area contributed by atoms with E-state index in [0.29, 0.717) is 11.5 Å². The normalized spacial score (nSPS) is 14.0. The van der Waals surface area contributed by atoms with Gasteiger partial charge in [0, 0.05) is 17.7 Å². The molecular formula is C13H15N3O4. The lowest BCUT2D eigenvalue weighted by Crippen LogP contribution is -2.11. The highest BCUT2D eigenvalue weighted by atomic mass is 16.6. The molecule has 7 heteroatoms. The van der Waals surface area contributed by atoms with Crippen molar-refractivity contribution in [3.63, 3.8) is 0 Å². The number of nitro benzene ring substituents is 1. The van der Waals surface area contributed by atoms with E-state index in [1.807, 2.05) is 6.92 Å². The number of non-ortho nitro benzene ring substituents is 1. The first-order chi connectivity index (χ1) is 9.40. The molecule has 1 aromatic carbocycles. The van der Waals surface area contributed by atoms with Crippen LogP contribution in [0.4, 0.5) is 5.69 Å². The molecule has 2 unspecified atom stereocenters. The Hall–Kier alpha value is -2.28. The zero-order chi connectivity index (χ0) is 14.9. The number of nitro groups is 1. The second-order valence-corrected chi connectivity index (χ2v) is 4.74. The second-order valence-electron chi connectivity index (χ2n) is 4.74. The van der Waals surface area contributed by atoms with Crippen molar-refractivity contribution in [2.45, 2.75) is 32.8 Å². The van der Waals surface area contributed by atoms with Gasteiger partial charge in [0.15, 0.2) is 0 Å². The number of aliphatic hydroxyl groups is 1. The molecule has 0 radical (unpaired) electrons. The highest BCUT2D eigenvalue weighted by molar-refractivity contribution is 5.63. The highest BCUT2D eigenvalue weighted by Crippen LogP contribution is 2.27. The summed E-state index contributed by atoms with van der Waals surface area (Å²) < 4.78 is 5.11. The minimum absolute atomic E-state index is 0.0273. The number of benzene rings is 1. The third-order valence-corrected chi connectivity index (χ3v) is 3.23. The zero-order valence-corrected chi connectivity index (χ0v) is 11.4. The number of hydrogen-bond donors (Lipinski definition) is 1. The molecule has 0 saturated heterocycles. The molecule has 0 amide bonds. The summed E-state index contributed by atoms with van der Waals surface area (Å²) >= 11 is 0. The molecule has 0 spiro atoms. The van der Waals surface area contributed by atoms with E-state index in [0.717, 1.165) is 5.56 Å². The van der Waals surface area contributed by atoms with Crippen molar-refractivity contribution in [2.24, 2.45) is 0 Å². The lowest BCUT2D eigenvalue weighted by Gasteiger charge is -2.08. The van der Waals surface area contributed by atoms with E-state index in [1.54, 1.807) is 19.9 Å². The molecule has 20 heavy (non-hydrogen) atoms. The van der Waals surface area contributed by atoms with Gasteiger partial charge in [-0.15, -0.1) is 0 Å². The van der Waals surface area contributed by atoms with Crippen molar-refractivity contribution in [3.8, 4) is 11.4 Å². The summed E-state index contributed by atoms with van der Waals surface area (Å²) in [5, 5.41) is 24.1. The fourth-order valence-electron chi connectivity index (χ4n) is 1.70. The predicted molar refractivity (Wildman–Crippen MR) is 71.2 cm³/mol. The van der Waals surface area contributed by atoms with Crippen LogP contribution in [-0.4, -0.2) is 26.3 Å². The highest BCUT2D eigenvalue weighted by Gasteiger charge is 2.21. The maximum absolute atomic E-state index is 10.8. The summed E-state index contributed by atoms with van der Waals surface area (Å²) in [4.78, 5) is 14.5. The molecule has 0 bridgehead atoms. The van der Waals surface area contributed by atoms with Crippen molar-refractivity contribution in [2.75, 3.05) is 0 Å². The van der Waals surface area contributed by atoms with Crippen molar-refractivity contribution >= 4 is 5.69 Å². The van der Waals surface area contributed by atoms with Crippen LogP contribution in [0.2, 0.25) is 0 Å². The summed E-state index contributed by atoms with van der Waals surface area (Å²) in [5.41, 5.74) is 1.33. The third kappa shape index (κ3) is 2.67. The fourth-order valence-corrected chi connectivity index (χ4v) is 1.70. The van der Waals surface area contributed by atoms with Gasteiger partial charge in [-0.2, -0.15) is 4.98 Å². The number of aryl methyl sites for hydroxylation is 1. The Morgan fingerprint density at radius 1 is 1.40 bits per heavy atom. The van der Waals surface area contributed by atoms with Gasteiger partial charge in [-0.25, -0.2) is 0 Å². The average Bonchev–Trinajstić information content (AvgIpc) is 2.87. The first-order valence-electron chi connectivity index (χ1n) is 6.17. The Morgan fingerprint density at radius 3 is 2.70 bits per heavy atom. The van der Waals surface area contributed by atoms with Crippen LogP contribution in [0, 0.1) is 17.0 Å². The monoisotopic (exact) mass is 277 g/mol. The number of aliphatic hydroxyl groups excluding tert-OH is 1. The molecule has 0 aliphatic heterocycles. The smallest absolute Gasteiger partial charge is 0.270 e. The van der Waals surface area contributed by atoms with Crippen molar-refractivity contribution < 1.29 is 14.6 Å². The van der Waals surface area contributed by atoms with Crippen LogP contribution in [0.5, 0.6) is 0 Å². The van der Waals surface area contributed by atoms with Gasteiger partial charge in [-0.3, -0.25) is 10.1 Å². The Kier molecular flexibility index (Phi) is 3.80. The van der Waals surface area contributed by atoms with Gasteiger partial charge in [-0.1, -0.05) is 18.1 Å².